The second kappa shape index (κ2) is 7.24. The highest BCUT2D eigenvalue weighted by atomic mass is 32.1. The highest BCUT2D eigenvalue weighted by Crippen LogP contribution is 2.33. The number of rotatable bonds is 6. The number of benzene rings is 1. The summed E-state index contributed by atoms with van der Waals surface area (Å²) in [6.45, 7) is 8.90. The molecule has 1 atom stereocenters. The second-order valence-electron chi connectivity index (χ2n) is 5.53. The summed E-state index contributed by atoms with van der Waals surface area (Å²) in [5.74, 6) is 0. The van der Waals surface area contributed by atoms with Crippen LogP contribution >= 0.6 is 11.3 Å². The summed E-state index contributed by atoms with van der Waals surface area (Å²) in [4.78, 5) is 1.34. The van der Waals surface area contributed by atoms with Crippen LogP contribution in [0.15, 0.2) is 23.6 Å². The predicted octanol–water partition coefficient (Wildman–Crippen LogP) is 5.05. The maximum atomic E-state index is 6.69. The molecular formula is C19H27NS. The molecule has 2 heteroatoms. The zero-order valence-electron chi connectivity index (χ0n) is 13.7. The molecule has 2 N–H and O–H groups in total. The van der Waals surface area contributed by atoms with Gasteiger partial charge >= 0.3 is 0 Å². The van der Waals surface area contributed by atoms with Gasteiger partial charge in [-0.05, 0) is 64.9 Å². The molecule has 0 bridgehead atoms. The summed E-state index contributed by atoms with van der Waals surface area (Å²) in [6, 6.07) is 6.95. The van der Waals surface area contributed by atoms with E-state index in [1.807, 2.05) is 0 Å². The van der Waals surface area contributed by atoms with Gasteiger partial charge in [-0.2, -0.15) is 0 Å². The van der Waals surface area contributed by atoms with Gasteiger partial charge < -0.3 is 5.73 Å². The molecule has 114 valence electrons. The molecule has 0 fully saturated rings. The molecule has 0 aliphatic rings. The van der Waals surface area contributed by atoms with Crippen LogP contribution in [0.25, 0.3) is 0 Å². The molecule has 1 nitrogen and oxygen atoms in total. The van der Waals surface area contributed by atoms with E-state index in [4.69, 9.17) is 5.73 Å². The minimum Gasteiger partial charge on any atom is -0.320 e. The van der Waals surface area contributed by atoms with E-state index in [1.54, 1.807) is 11.3 Å². The minimum atomic E-state index is 0.0238. The Hall–Kier alpha value is -1.12. The predicted molar refractivity (Wildman–Crippen MR) is 94.3 cm³/mol. The summed E-state index contributed by atoms with van der Waals surface area (Å²) >= 11 is 1.80. The summed E-state index contributed by atoms with van der Waals surface area (Å²) < 4.78 is 0. The molecule has 1 heterocycles. The first-order valence-electron chi connectivity index (χ1n) is 8.12. The Bertz CT molecular complexity index is 572. The molecule has 2 rings (SSSR count). The number of hydrogen-bond donors (Lipinski definition) is 1. The minimum absolute atomic E-state index is 0.0238. The number of hydrogen-bond acceptors (Lipinski definition) is 2. The third kappa shape index (κ3) is 3.22. The number of aryl methyl sites for hydroxylation is 4. The topological polar surface area (TPSA) is 26.0 Å². The molecule has 0 aliphatic carbocycles. The summed E-state index contributed by atoms with van der Waals surface area (Å²) in [5, 5.41) is 2.17. The highest BCUT2D eigenvalue weighted by Gasteiger charge is 2.20. The standard InChI is InChI=1S/C19H27NS/c1-5-13-11-15(7-3)17(16(8-4)12-13)18(20)19-14(6-2)9-10-21-19/h9-12,18H,5-8,20H2,1-4H3. The first-order chi connectivity index (χ1) is 10.2. The Labute approximate surface area is 133 Å². The van der Waals surface area contributed by atoms with Crippen molar-refractivity contribution in [3.05, 3.63) is 56.3 Å². The molecular weight excluding hydrogens is 274 g/mol. The van der Waals surface area contributed by atoms with Gasteiger partial charge in [-0.15, -0.1) is 11.3 Å². The zero-order valence-corrected chi connectivity index (χ0v) is 14.5. The quantitative estimate of drug-likeness (QED) is 0.794. The molecule has 0 aliphatic heterocycles. The normalized spacial score (nSPS) is 12.6. The Balaban J connectivity index is 2.56. The fourth-order valence-corrected chi connectivity index (χ4v) is 4.09. The molecule has 0 saturated heterocycles. The Morgan fingerprint density at radius 3 is 1.95 bits per heavy atom. The lowest BCUT2D eigenvalue weighted by molar-refractivity contribution is 0.828. The lowest BCUT2D eigenvalue weighted by Crippen LogP contribution is -2.17. The first-order valence-corrected chi connectivity index (χ1v) is 9.00. The lowest BCUT2D eigenvalue weighted by Gasteiger charge is -2.21. The largest absolute Gasteiger partial charge is 0.320 e. The molecule has 21 heavy (non-hydrogen) atoms. The van der Waals surface area contributed by atoms with Gasteiger partial charge in [0.15, 0.2) is 0 Å². The van der Waals surface area contributed by atoms with Gasteiger partial charge in [-0.3, -0.25) is 0 Å². The van der Waals surface area contributed by atoms with Gasteiger partial charge in [0.2, 0.25) is 0 Å². The van der Waals surface area contributed by atoms with E-state index >= 15 is 0 Å². The summed E-state index contributed by atoms with van der Waals surface area (Å²) in [7, 11) is 0. The van der Waals surface area contributed by atoms with Crippen LogP contribution in [0.4, 0.5) is 0 Å². The number of nitrogens with two attached hydrogens (primary N) is 1. The van der Waals surface area contributed by atoms with Crippen LogP contribution in [0.5, 0.6) is 0 Å². The molecule has 2 aromatic rings. The van der Waals surface area contributed by atoms with Crippen molar-refractivity contribution in [3.63, 3.8) is 0 Å². The Morgan fingerprint density at radius 2 is 1.48 bits per heavy atom. The van der Waals surface area contributed by atoms with Crippen molar-refractivity contribution >= 4 is 11.3 Å². The van der Waals surface area contributed by atoms with Crippen molar-refractivity contribution in [1.82, 2.24) is 0 Å². The Kier molecular flexibility index (Phi) is 5.60. The van der Waals surface area contributed by atoms with Crippen LogP contribution in [0.3, 0.4) is 0 Å². The van der Waals surface area contributed by atoms with E-state index in [0.29, 0.717) is 0 Å². The molecule has 0 spiro atoms. The van der Waals surface area contributed by atoms with E-state index in [1.165, 1.54) is 32.7 Å². The lowest BCUT2D eigenvalue weighted by atomic mass is 9.88. The summed E-state index contributed by atoms with van der Waals surface area (Å²) in [5.41, 5.74) is 13.7. The van der Waals surface area contributed by atoms with Crippen LogP contribution in [-0.4, -0.2) is 0 Å². The SMILES string of the molecule is CCc1cc(CC)c(C(N)c2sccc2CC)c(CC)c1. The Morgan fingerprint density at radius 1 is 0.905 bits per heavy atom. The van der Waals surface area contributed by atoms with Crippen molar-refractivity contribution in [1.29, 1.82) is 0 Å². The van der Waals surface area contributed by atoms with E-state index < -0.39 is 0 Å². The van der Waals surface area contributed by atoms with Gasteiger partial charge in [0.1, 0.15) is 0 Å². The maximum Gasteiger partial charge on any atom is 0.0654 e. The monoisotopic (exact) mass is 301 g/mol. The van der Waals surface area contributed by atoms with Crippen LogP contribution in [0.1, 0.15) is 66.4 Å². The van der Waals surface area contributed by atoms with E-state index in [0.717, 1.165) is 25.7 Å². The van der Waals surface area contributed by atoms with Gasteiger partial charge in [-0.1, -0.05) is 39.8 Å². The summed E-state index contributed by atoms with van der Waals surface area (Å²) in [6.07, 6.45) is 4.25. The van der Waals surface area contributed by atoms with Crippen LogP contribution in [0.2, 0.25) is 0 Å². The van der Waals surface area contributed by atoms with E-state index in [2.05, 4.69) is 51.3 Å². The average Bonchev–Trinajstić information content (AvgIpc) is 3.01. The molecule has 0 amide bonds. The fraction of sp³-hybridized carbons (Fsp3) is 0.474. The molecule has 1 aromatic carbocycles. The van der Waals surface area contributed by atoms with E-state index in [-0.39, 0.29) is 6.04 Å². The van der Waals surface area contributed by atoms with Crippen molar-refractivity contribution in [2.45, 2.75) is 59.4 Å². The molecule has 0 radical (unpaired) electrons. The van der Waals surface area contributed by atoms with Crippen molar-refractivity contribution < 1.29 is 0 Å². The molecule has 1 aromatic heterocycles. The van der Waals surface area contributed by atoms with Gasteiger partial charge in [0.05, 0.1) is 6.04 Å². The van der Waals surface area contributed by atoms with Gasteiger partial charge in [0, 0.05) is 4.88 Å². The zero-order chi connectivity index (χ0) is 15.4. The van der Waals surface area contributed by atoms with Gasteiger partial charge in [-0.25, -0.2) is 0 Å². The number of thiophene rings is 1. The van der Waals surface area contributed by atoms with Crippen molar-refractivity contribution in [3.8, 4) is 0 Å². The third-order valence-corrected chi connectivity index (χ3v) is 5.38. The van der Waals surface area contributed by atoms with Crippen LogP contribution < -0.4 is 5.73 Å². The maximum absolute atomic E-state index is 6.69. The third-order valence-electron chi connectivity index (χ3n) is 4.34. The fourth-order valence-electron chi connectivity index (χ4n) is 3.08. The molecule has 1 unspecified atom stereocenters. The average molecular weight is 301 g/mol. The van der Waals surface area contributed by atoms with Crippen molar-refractivity contribution in [2.75, 3.05) is 0 Å². The smallest absolute Gasteiger partial charge is 0.0654 e. The van der Waals surface area contributed by atoms with Crippen molar-refractivity contribution in [2.24, 2.45) is 5.73 Å². The highest BCUT2D eigenvalue weighted by molar-refractivity contribution is 7.10. The van der Waals surface area contributed by atoms with Crippen LogP contribution in [-0.2, 0) is 25.7 Å². The first kappa shape index (κ1) is 16.3. The van der Waals surface area contributed by atoms with Crippen LogP contribution in [0, 0.1) is 0 Å². The molecule has 0 saturated carbocycles. The van der Waals surface area contributed by atoms with Gasteiger partial charge in [0.25, 0.3) is 0 Å². The van der Waals surface area contributed by atoms with E-state index in [9.17, 15) is 0 Å². The second-order valence-corrected chi connectivity index (χ2v) is 6.48.